The zero-order valence-electron chi connectivity index (χ0n) is 24.4. The lowest BCUT2D eigenvalue weighted by molar-refractivity contribution is -0.385. The van der Waals surface area contributed by atoms with Crippen LogP contribution in [0.5, 0.6) is 0 Å². The van der Waals surface area contributed by atoms with Crippen LogP contribution in [0.4, 0.5) is 17.1 Å². The van der Waals surface area contributed by atoms with Crippen molar-refractivity contribution in [3.05, 3.63) is 88.0 Å². The Hall–Kier alpha value is -1.50. The van der Waals surface area contributed by atoms with E-state index in [1.807, 2.05) is 0 Å². The summed E-state index contributed by atoms with van der Waals surface area (Å²) in [6, 6.07) is 22.4. The molecule has 44 heavy (non-hydrogen) atoms. The van der Waals surface area contributed by atoms with Gasteiger partial charge in [0, 0.05) is 61.2 Å². The van der Waals surface area contributed by atoms with Crippen molar-refractivity contribution in [2.75, 3.05) is 57.3 Å². The van der Waals surface area contributed by atoms with Crippen molar-refractivity contribution in [3.63, 3.8) is 0 Å². The molecule has 0 amide bonds. The number of nitrogens with one attached hydrogen (secondary N) is 3. The van der Waals surface area contributed by atoms with Crippen LogP contribution < -0.4 is 20.9 Å². The molecule has 2 aliphatic rings. The number of anilines is 2. The third-order valence-electron chi connectivity index (χ3n) is 7.15. The summed E-state index contributed by atoms with van der Waals surface area (Å²) < 4.78 is 0. The van der Waals surface area contributed by atoms with E-state index in [0.717, 1.165) is 87.7 Å². The number of rotatable bonds is 5. The highest BCUT2D eigenvalue weighted by molar-refractivity contribution is 7.99. The van der Waals surface area contributed by atoms with E-state index in [-0.39, 0.29) is 72.6 Å². The Kier molecular flexibility index (Phi) is 21.3. The maximum Gasteiger partial charge on any atom is 0.270 e. The van der Waals surface area contributed by atoms with Crippen LogP contribution in [-0.2, 0) is 13.1 Å². The number of nitro benzene ring substituents is 1. The van der Waals surface area contributed by atoms with Crippen molar-refractivity contribution in [1.29, 1.82) is 0 Å². The smallest absolute Gasteiger partial charge is 0.270 e. The van der Waals surface area contributed by atoms with Crippen molar-refractivity contribution in [1.82, 2.24) is 20.9 Å². The first-order valence-electron chi connectivity index (χ1n) is 13.9. The quantitative estimate of drug-likeness (QED) is 0.194. The maximum atomic E-state index is 12.0. The van der Waals surface area contributed by atoms with Crippen molar-refractivity contribution >= 4 is 90.9 Å². The molecule has 0 aromatic heterocycles. The summed E-state index contributed by atoms with van der Waals surface area (Å²) in [5, 5.41) is 22.5. The van der Waals surface area contributed by atoms with Gasteiger partial charge in [-0.2, -0.15) is 0 Å². The Bertz CT molecular complexity index is 1220. The Morgan fingerprint density at radius 3 is 1.77 bits per heavy atom. The summed E-state index contributed by atoms with van der Waals surface area (Å²) in [5.74, 6) is 0. The van der Waals surface area contributed by atoms with Gasteiger partial charge in [-0.1, -0.05) is 42.1 Å². The van der Waals surface area contributed by atoms with E-state index in [2.05, 4.69) is 80.3 Å². The summed E-state index contributed by atoms with van der Waals surface area (Å²) in [6.45, 7) is 8.99. The lowest BCUT2D eigenvalue weighted by atomic mass is 10.1. The molecule has 0 spiro atoms. The predicted molar refractivity (Wildman–Crippen MR) is 195 cm³/mol. The molecule has 3 N–H and O–H groups in total. The molecule has 246 valence electrons. The zero-order valence-corrected chi connectivity index (χ0v) is 29.3. The number of benzene rings is 3. The van der Waals surface area contributed by atoms with Gasteiger partial charge in [-0.3, -0.25) is 15.0 Å². The molecule has 14 heteroatoms. The summed E-state index contributed by atoms with van der Waals surface area (Å²) in [5.41, 5.74) is 4.37. The fourth-order valence-corrected chi connectivity index (χ4v) is 6.34. The van der Waals surface area contributed by atoms with Gasteiger partial charge >= 0.3 is 0 Å². The normalized spacial score (nSPS) is 15.6. The molecule has 2 aliphatic heterocycles. The lowest BCUT2D eigenvalue weighted by Crippen LogP contribution is -2.36. The largest absolute Gasteiger partial charge is 0.335 e. The number of halogens is 5. The first-order valence-corrected chi connectivity index (χ1v) is 14.7. The van der Waals surface area contributed by atoms with Crippen LogP contribution in [-0.4, -0.2) is 62.2 Å². The molecule has 3 aromatic rings. The van der Waals surface area contributed by atoms with Crippen molar-refractivity contribution in [3.8, 4) is 0 Å². The SMILES string of the molecule is Cl.Cl.Cl.Cl.Cl.O=[N+]([O-])c1cc(CN2CCCNCCNCCCNCC2)cc(CN2c3ccccc3Sc3ccccc32)c1. The average Bonchev–Trinajstić information content (AvgIpc) is 2.95. The van der Waals surface area contributed by atoms with Crippen LogP contribution in [0.2, 0.25) is 0 Å². The maximum absolute atomic E-state index is 12.0. The van der Waals surface area contributed by atoms with Gasteiger partial charge in [0.2, 0.25) is 0 Å². The number of fused-ring (bicyclic) bond motifs is 2. The molecule has 1 saturated heterocycles. The van der Waals surface area contributed by atoms with Crippen LogP contribution in [0.25, 0.3) is 0 Å². The van der Waals surface area contributed by atoms with Gasteiger partial charge < -0.3 is 20.9 Å². The number of hydrogen-bond donors (Lipinski definition) is 3. The minimum Gasteiger partial charge on any atom is -0.335 e. The fourth-order valence-electron chi connectivity index (χ4n) is 5.25. The summed E-state index contributed by atoms with van der Waals surface area (Å²) in [6.07, 6.45) is 2.15. The van der Waals surface area contributed by atoms with E-state index in [0.29, 0.717) is 13.1 Å². The minimum absolute atomic E-state index is 0. The molecule has 1 fully saturated rings. The van der Waals surface area contributed by atoms with Crippen molar-refractivity contribution in [2.24, 2.45) is 0 Å². The molecule has 3 aromatic carbocycles. The second-order valence-electron chi connectivity index (χ2n) is 10.1. The lowest BCUT2D eigenvalue weighted by Gasteiger charge is -2.33. The Labute approximate surface area is 296 Å². The molecule has 0 atom stereocenters. The zero-order chi connectivity index (χ0) is 26.9. The predicted octanol–water partition coefficient (Wildman–Crippen LogP) is 6.87. The van der Waals surface area contributed by atoms with E-state index in [9.17, 15) is 10.1 Å². The fraction of sp³-hybridized carbons (Fsp3) is 0.400. The standard InChI is InChI=1S/C30H38N6O2S.5ClH/c37-36(38)26-20-24(22-34-17-6-13-32-15-14-31-11-5-12-33-16-18-34)19-25(21-26)23-35-27-7-1-3-9-29(27)39-30-10-4-2-8-28(30)35;;;;;/h1-4,7-10,19-21,31-33H,5-6,11-18,22-23H2;5*1H. The molecular weight excluding hydrogens is 686 g/mol. The molecule has 0 unspecified atom stereocenters. The van der Waals surface area contributed by atoms with Gasteiger partial charge in [-0.15, -0.1) is 62.0 Å². The van der Waals surface area contributed by atoms with E-state index in [4.69, 9.17) is 0 Å². The second-order valence-corrected chi connectivity index (χ2v) is 11.2. The van der Waals surface area contributed by atoms with Gasteiger partial charge in [-0.25, -0.2) is 0 Å². The third-order valence-corrected chi connectivity index (χ3v) is 8.28. The summed E-state index contributed by atoms with van der Waals surface area (Å²) in [4.78, 5) is 18.8. The number of hydrogen-bond acceptors (Lipinski definition) is 8. The molecule has 0 radical (unpaired) electrons. The van der Waals surface area contributed by atoms with E-state index >= 15 is 0 Å². The minimum atomic E-state index is -0.261. The topological polar surface area (TPSA) is 85.7 Å². The first-order chi connectivity index (χ1) is 19.2. The highest BCUT2D eigenvalue weighted by Gasteiger charge is 2.24. The van der Waals surface area contributed by atoms with Gasteiger partial charge in [0.25, 0.3) is 5.69 Å². The van der Waals surface area contributed by atoms with Crippen LogP contribution in [0, 0.1) is 10.1 Å². The van der Waals surface area contributed by atoms with Gasteiger partial charge in [0.1, 0.15) is 0 Å². The second kappa shape index (κ2) is 22.1. The van der Waals surface area contributed by atoms with Crippen molar-refractivity contribution in [2.45, 2.75) is 35.7 Å². The summed E-state index contributed by atoms with van der Waals surface area (Å²) >= 11 is 1.77. The molecule has 8 nitrogen and oxygen atoms in total. The molecule has 0 saturated carbocycles. The highest BCUT2D eigenvalue weighted by atomic mass is 35.5. The van der Waals surface area contributed by atoms with E-state index in [1.165, 1.54) is 9.79 Å². The summed E-state index contributed by atoms with van der Waals surface area (Å²) in [7, 11) is 0. The van der Waals surface area contributed by atoms with Crippen LogP contribution in [0.3, 0.4) is 0 Å². The molecular formula is C30H43Cl5N6O2S. The molecule has 5 rings (SSSR count). The van der Waals surface area contributed by atoms with Crippen LogP contribution in [0.15, 0.2) is 76.5 Å². The Morgan fingerprint density at radius 2 is 1.18 bits per heavy atom. The monoisotopic (exact) mass is 726 g/mol. The number of nitrogens with zero attached hydrogens (tertiary/aromatic N) is 3. The first kappa shape index (κ1) is 42.5. The highest BCUT2D eigenvalue weighted by Crippen LogP contribution is 2.48. The van der Waals surface area contributed by atoms with E-state index < -0.39 is 0 Å². The van der Waals surface area contributed by atoms with Gasteiger partial charge in [0.15, 0.2) is 0 Å². The number of nitro groups is 1. The van der Waals surface area contributed by atoms with Crippen molar-refractivity contribution < 1.29 is 4.92 Å². The molecule has 2 heterocycles. The van der Waals surface area contributed by atoms with Gasteiger partial charge in [0.05, 0.1) is 16.3 Å². The van der Waals surface area contributed by atoms with E-state index in [1.54, 1.807) is 23.9 Å². The molecule has 0 bridgehead atoms. The van der Waals surface area contributed by atoms with Crippen LogP contribution >= 0.6 is 73.8 Å². The number of non-ortho nitro benzene ring substituents is 1. The number of para-hydroxylation sites is 2. The Morgan fingerprint density at radius 1 is 0.659 bits per heavy atom. The Balaban J connectivity index is 0.00000370. The van der Waals surface area contributed by atoms with Crippen LogP contribution in [0.1, 0.15) is 24.0 Å². The molecule has 0 aliphatic carbocycles. The average molecular weight is 729 g/mol. The third kappa shape index (κ3) is 12.0. The van der Waals surface area contributed by atoms with Gasteiger partial charge in [-0.05, 0) is 74.4 Å².